The van der Waals surface area contributed by atoms with Crippen molar-refractivity contribution in [3.05, 3.63) is 34.9 Å². The number of hydrogen-bond acceptors (Lipinski definition) is 2. The van der Waals surface area contributed by atoms with Gasteiger partial charge in [0.25, 0.3) is 0 Å². The highest BCUT2D eigenvalue weighted by atomic mass is 35.5. The SMILES string of the molecule is CC1CCCC1C(Cc1ccccc1Cl)NN. The Labute approximate surface area is 109 Å². The lowest BCUT2D eigenvalue weighted by atomic mass is 9.87. The van der Waals surface area contributed by atoms with Crippen molar-refractivity contribution >= 4 is 11.6 Å². The first-order chi connectivity index (χ1) is 8.22. The highest BCUT2D eigenvalue weighted by molar-refractivity contribution is 6.31. The van der Waals surface area contributed by atoms with Gasteiger partial charge in [-0.1, -0.05) is 49.6 Å². The van der Waals surface area contributed by atoms with Crippen LogP contribution in [-0.4, -0.2) is 6.04 Å². The van der Waals surface area contributed by atoms with Crippen molar-refractivity contribution in [1.29, 1.82) is 0 Å². The second-order valence-electron chi connectivity index (χ2n) is 5.14. The largest absolute Gasteiger partial charge is 0.271 e. The Balaban J connectivity index is 2.07. The van der Waals surface area contributed by atoms with E-state index in [1.165, 1.54) is 24.8 Å². The van der Waals surface area contributed by atoms with Crippen LogP contribution in [0.4, 0.5) is 0 Å². The fraction of sp³-hybridized carbons (Fsp3) is 0.571. The first-order valence-corrected chi connectivity index (χ1v) is 6.79. The van der Waals surface area contributed by atoms with Gasteiger partial charge in [-0.15, -0.1) is 0 Å². The van der Waals surface area contributed by atoms with Crippen molar-refractivity contribution in [1.82, 2.24) is 5.43 Å². The minimum Gasteiger partial charge on any atom is -0.271 e. The number of halogens is 1. The Morgan fingerprint density at radius 3 is 2.76 bits per heavy atom. The molecular formula is C14H21ClN2. The monoisotopic (exact) mass is 252 g/mol. The third-order valence-corrected chi connectivity index (χ3v) is 4.43. The maximum Gasteiger partial charge on any atom is 0.0438 e. The van der Waals surface area contributed by atoms with Gasteiger partial charge in [-0.2, -0.15) is 0 Å². The zero-order valence-corrected chi connectivity index (χ0v) is 11.1. The molecule has 1 aromatic rings. The van der Waals surface area contributed by atoms with Gasteiger partial charge in [0.15, 0.2) is 0 Å². The fourth-order valence-corrected chi connectivity index (χ4v) is 3.22. The van der Waals surface area contributed by atoms with E-state index in [0.717, 1.165) is 17.4 Å². The van der Waals surface area contributed by atoms with E-state index in [0.29, 0.717) is 12.0 Å². The highest BCUT2D eigenvalue weighted by Crippen LogP contribution is 2.35. The third kappa shape index (κ3) is 3.01. The van der Waals surface area contributed by atoms with Gasteiger partial charge in [0.2, 0.25) is 0 Å². The van der Waals surface area contributed by atoms with Crippen LogP contribution in [0.3, 0.4) is 0 Å². The van der Waals surface area contributed by atoms with Crippen LogP contribution in [0.25, 0.3) is 0 Å². The molecule has 0 aliphatic heterocycles. The number of nitrogens with one attached hydrogen (secondary N) is 1. The molecule has 0 spiro atoms. The molecule has 17 heavy (non-hydrogen) atoms. The zero-order chi connectivity index (χ0) is 12.3. The second kappa shape index (κ2) is 5.85. The van der Waals surface area contributed by atoms with Crippen molar-refractivity contribution in [2.24, 2.45) is 17.7 Å². The topological polar surface area (TPSA) is 38.0 Å². The first-order valence-electron chi connectivity index (χ1n) is 6.42. The van der Waals surface area contributed by atoms with E-state index in [1.54, 1.807) is 0 Å². The predicted octanol–water partition coefficient (Wildman–Crippen LogP) is 3.15. The third-order valence-electron chi connectivity index (χ3n) is 4.06. The molecule has 1 aromatic carbocycles. The zero-order valence-electron chi connectivity index (χ0n) is 10.3. The second-order valence-corrected chi connectivity index (χ2v) is 5.55. The Bertz CT molecular complexity index is 367. The van der Waals surface area contributed by atoms with Crippen LogP contribution in [0.15, 0.2) is 24.3 Å². The number of benzene rings is 1. The van der Waals surface area contributed by atoms with Crippen molar-refractivity contribution in [3.63, 3.8) is 0 Å². The lowest BCUT2D eigenvalue weighted by molar-refractivity contribution is 0.297. The standard InChI is InChI=1S/C14H21ClN2/c1-10-5-4-7-12(10)14(17-16)9-11-6-2-3-8-13(11)15/h2-3,6,8,10,12,14,17H,4-5,7,9,16H2,1H3. The van der Waals surface area contributed by atoms with Crippen LogP contribution < -0.4 is 11.3 Å². The molecule has 1 fully saturated rings. The summed E-state index contributed by atoms with van der Waals surface area (Å²) in [6.07, 6.45) is 4.85. The lowest BCUT2D eigenvalue weighted by Crippen LogP contribution is -2.43. The number of rotatable bonds is 4. The van der Waals surface area contributed by atoms with Gasteiger partial charge in [-0.05, 0) is 36.3 Å². The average molecular weight is 253 g/mol. The molecule has 0 bridgehead atoms. The summed E-state index contributed by atoms with van der Waals surface area (Å²) in [4.78, 5) is 0. The Morgan fingerprint density at radius 2 is 2.18 bits per heavy atom. The molecule has 1 saturated carbocycles. The fourth-order valence-electron chi connectivity index (χ4n) is 3.01. The summed E-state index contributed by atoms with van der Waals surface area (Å²) in [6, 6.07) is 8.38. The molecule has 0 aromatic heterocycles. The molecular weight excluding hydrogens is 232 g/mol. The van der Waals surface area contributed by atoms with Crippen LogP contribution in [0.2, 0.25) is 5.02 Å². The minimum absolute atomic E-state index is 0.340. The average Bonchev–Trinajstić information content (AvgIpc) is 2.75. The normalized spacial score (nSPS) is 26.1. The molecule has 2 rings (SSSR count). The Kier molecular flexibility index (Phi) is 4.43. The summed E-state index contributed by atoms with van der Waals surface area (Å²) in [5, 5.41) is 0.846. The summed E-state index contributed by atoms with van der Waals surface area (Å²) in [5.41, 5.74) is 4.18. The summed E-state index contributed by atoms with van der Waals surface area (Å²) >= 11 is 6.20. The predicted molar refractivity (Wildman–Crippen MR) is 72.8 cm³/mol. The van der Waals surface area contributed by atoms with Crippen molar-refractivity contribution in [2.75, 3.05) is 0 Å². The molecule has 0 amide bonds. The summed E-state index contributed by atoms with van der Waals surface area (Å²) < 4.78 is 0. The van der Waals surface area contributed by atoms with E-state index in [9.17, 15) is 0 Å². The molecule has 0 heterocycles. The Morgan fingerprint density at radius 1 is 1.41 bits per heavy atom. The van der Waals surface area contributed by atoms with E-state index < -0.39 is 0 Å². The van der Waals surface area contributed by atoms with Crippen LogP contribution in [0.1, 0.15) is 31.7 Å². The molecule has 3 N–H and O–H groups in total. The number of hydrazine groups is 1. The summed E-state index contributed by atoms with van der Waals surface area (Å²) in [5.74, 6) is 7.16. The smallest absolute Gasteiger partial charge is 0.0438 e. The number of nitrogens with two attached hydrogens (primary N) is 1. The maximum atomic E-state index is 6.20. The van der Waals surface area contributed by atoms with E-state index in [-0.39, 0.29) is 0 Å². The van der Waals surface area contributed by atoms with Gasteiger partial charge in [0.1, 0.15) is 0 Å². The number of hydrogen-bond donors (Lipinski definition) is 2. The van der Waals surface area contributed by atoms with Crippen molar-refractivity contribution < 1.29 is 0 Å². The van der Waals surface area contributed by atoms with Gasteiger partial charge in [-0.25, -0.2) is 0 Å². The molecule has 3 heteroatoms. The van der Waals surface area contributed by atoms with Crippen LogP contribution >= 0.6 is 11.6 Å². The van der Waals surface area contributed by atoms with E-state index in [4.69, 9.17) is 17.4 Å². The van der Waals surface area contributed by atoms with Crippen LogP contribution in [-0.2, 0) is 6.42 Å². The van der Waals surface area contributed by atoms with E-state index in [2.05, 4.69) is 18.4 Å². The van der Waals surface area contributed by atoms with E-state index >= 15 is 0 Å². The molecule has 3 unspecified atom stereocenters. The van der Waals surface area contributed by atoms with Crippen molar-refractivity contribution in [2.45, 2.75) is 38.6 Å². The summed E-state index contributed by atoms with van der Waals surface area (Å²) in [7, 11) is 0. The van der Waals surface area contributed by atoms with Gasteiger partial charge in [-0.3, -0.25) is 11.3 Å². The molecule has 1 aliphatic rings. The van der Waals surface area contributed by atoms with Crippen LogP contribution in [0, 0.1) is 11.8 Å². The molecule has 94 valence electrons. The quantitative estimate of drug-likeness (QED) is 0.638. The molecule has 0 radical (unpaired) electrons. The van der Waals surface area contributed by atoms with E-state index in [1.807, 2.05) is 18.2 Å². The molecule has 3 atom stereocenters. The van der Waals surface area contributed by atoms with Gasteiger partial charge >= 0.3 is 0 Å². The van der Waals surface area contributed by atoms with Gasteiger partial charge in [0, 0.05) is 11.1 Å². The van der Waals surface area contributed by atoms with Crippen LogP contribution in [0.5, 0.6) is 0 Å². The lowest BCUT2D eigenvalue weighted by Gasteiger charge is -2.26. The first kappa shape index (κ1) is 12.9. The highest BCUT2D eigenvalue weighted by Gasteiger charge is 2.30. The van der Waals surface area contributed by atoms with Gasteiger partial charge in [0.05, 0.1) is 0 Å². The van der Waals surface area contributed by atoms with Gasteiger partial charge < -0.3 is 0 Å². The molecule has 2 nitrogen and oxygen atoms in total. The minimum atomic E-state index is 0.340. The summed E-state index contributed by atoms with van der Waals surface area (Å²) in [6.45, 7) is 2.33. The molecule has 1 aliphatic carbocycles. The Hall–Kier alpha value is -0.570. The molecule has 0 saturated heterocycles. The van der Waals surface area contributed by atoms with Crippen molar-refractivity contribution in [3.8, 4) is 0 Å². The maximum absolute atomic E-state index is 6.20.